The number of nitrogens with one attached hydrogen (secondary N) is 1. The van der Waals surface area contributed by atoms with Crippen LogP contribution in [-0.2, 0) is 4.74 Å². The molecular formula is C15H20F2N2O2. The topological polar surface area (TPSA) is 41.6 Å². The van der Waals surface area contributed by atoms with Crippen LogP contribution >= 0.6 is 0 Å². The molecule has 0 spiro atoms. The second-order valence-corrected chi connectivity index (χ2v) is 5.31. The van der Waals surface area contributed by atoms with Crippen LogP contribution in [-0.4, -0.2) is 44.7 Å². The molecule has 0 heterocycles. The Morgan fingerprint density at radius 1 is 1.38 bits per heavy atom. The summed E-state index contributed by atoms with van der Waals surface area (Å²) in [6, 6.07) is 2.08. The maximum Gasteiger partial charge on any atom is 0.253 e. The lowest BCUT2D eigenvalue weighted by Gasteiger charge is -2.18. The predicted molar refractivity (Wildman–Crippen MR) is 76.4 cm³/mol. The van der Waals surface area contributed by atoms with Crippen LogP contribution in [0.4, 0.5) is 14.5 Å². The van der Waals surface area contributed by atoms with Crippen molar-refractivity contribution in [3.8, 4) is 0 Å². The lowest BCUT2D eigenvalue weighted by atomic mass is 10.1. The van der Waals surface area contributed by atoms with E-state index in [0.717, 1.165) is 18.7 Å². The first kappa shape index (κ1) is 15.7. The lowest BCUT2D eigenvalue weighted by Crippen LogP contribution is -2.30. The molecule has 116 valence electrons. The molecule has 2 rings (SSSR count). The zero-order chi connectivity index (χ0) is 15.4. The number of ether oxygens (including phenoxy) is 1. The van der Waals surface area contributed by atoms with Gasteiger partial charge in [0.2, 0.25) is 0 Å². The molecule has 1 aromatic rings. The van der Waals surface area contributed by atoms with Gasteiger partial charge in [0.1, 0.15) is 17.3 Å². The second-order valence-electron chi connectivity index (χ2n) is 5.31. The molecule has 0 aliphatic heterocycles. The molecule has 1 aliphatic rings. The van der Waals surface area contributed by atoms with Crippen LogP contribution in [0.1, 0.15) is 23.2 Å². The number of hydrogen-bond acceptors (Lipinski definition) is 3. The summed E-state index contributed by atoms with van der Waals surface area (Å²) >= 11 is 0. The van der Waals surface area contributed by atoms with Gasteiger partial charge in [0.05, 0.1) is 6.61 Å². The van der Waals surface area contributed by atoms with Crippen LogP contribution in [0, 0.1) is 17.6 Å². The van der Waals surface area contributed by atoms with Gasteiger partial charge < -0.3 is 15.0 Å². The second kappa shape index (κ2) is 6.85. The summed E-state index contributed by atoms with van der Waals surface area (Å²) in [6.07, 6.45) is 2.43. The summed E-state index contributed by atoms with van der Waals surface area (Å²) in [5.41, 5.74) is -0.240. The number of benzene rings is 1. The standard InChI is InChI=1S/C15H20F2N2O2/c1-18-14-12(16)7-11(8-13(14)17)15(20)19(2)5-6-21-9-10-3-4-10/h7-8,10,18H,3-6,9H2,1-2H3. The summed E-state index contributed by atoms with van der Waals surface area (Å²) < 4.78 is 32.7. The quantitative estimate of drug-likeness (QED) is 0.786. The first-order valence-corrected chi connectivity index (χ1v) is 7.03. The Hall–Kier alpha value is -1.69. The molecule has 0 bridgehead atoms. The van der Waals surface area contributed by atoms with Crippen LogP contribution in [0.2, 0.25) is 0 Å². The molecule has 0 radical (unpaired) electrons. The Kier molecular flexibility index (Phi) is 5.12. The van der Waals surface area contributed by atoms with E-state index in [0.29, 0.717) is 19.1 Å². The predicted octanol–water partition coefficient (Wildman–Crippen LogP) is 2.51. The number of amides is 1. The van der Waals surface area contributed by atoms with E-state index in [-0.39, 0.29) is 11.3 Å². The third-order valence-corrected chi connectivity index (χ3v) is 3.51. The largest absolute Gasteiger partial charge is 0.383 e. The molecule has 6 heteroatoms. The molecule has 0 unspecified atom stereocenters. The van der Waals surface area contributed by atoms with E-state index in [9.17, 15) is 13.6 Å². The van der Waals surface area contributed by atoms with Crippen molar-refractivity contribution in [1.82, 2.24) is 4.90 Å². The lowest BCUT2D eigenvalue weighted by molar-refractivity contribution is 0.0680. The molecule has 1 amide bonds. The number of carbonyl (C=O) groups excluding carboxylic acids is 1. The Morgan fingerprint density at radius 2 is 2.00 bits per heavy atom. The summed E-state index contributed by atoms with van der Waals surface area (Å²) in [7, 11) is 3.01. The molecule has 1 aromatic carbocycles. The normalized spacial score (nSPS) is 14.1. The van der Waals surface area contributed by atoms with E-state index < -0.39 is 17.5 Å². The Labute approximate surface area is 123 Å². The van der Waals surface area contributed by atoms with Crippen molar-refractivity contribution >= 4 is 11.6 Å². The fourth-order valence-corrected chi connectivity index (χ4v) is 1.99. The maximum absolute atomic E-state index is 13.6. The molecule has 1 N–H and O–H groups in total. The van der Waals surface area contributed by atoms with E-state index in [2.05, 4.69) is 5.32 Å². The van der Waals surface area contributed by atoms with Crippen LogP contribution in [0.3, 0.4) is 0 Å². The third kappa shape index (κ3) is 4.14. The summed E-state index contributed by atoms with van der Waals surface area (Å²) in [6.45, 7) is 1.54. The van der Waals surface area contributed by atoms with Gasteiger partial charge in [-0.2, -0.15) is 0 Å². The molecular weight excluding hydrogens is 278 g/mol. The van der Waals surface area contributed by atoms with Crippen molar-refractivity contribution in [2.24, 2.45) is 5.92 Å². The number of carbonyl (C=O) groups is 1. The highest BCUT2D eigenvalue weighted by Crippen LogP contribution is 2.28. The molecule has 1 aliphatic carbocycles. The Morgan fingerprint density at radius 3 is 2.52 bits per heavy atom. The van der Waals surface area contributed by atoms with Crippen molar-refractivity contribution in [1.29, 1.82) is 0 Å². The minimum absolute atomic E-state index is 0.00584. The van der Waals surface area contributed by atoms with Crippen molar-refractivity contribution in [2.45, 2.75) is 12.8 Å². The number of hydrogen-bond donors (Lipinski definition) is 1. The minimum atomic E-state index is -0.778. The van der Waals surface area contributed by atoms with Crippen molar-refractivity contribution in [3.63, 3.8) is 0 Å². The Bertz CT molecular complexity index is 495. The van der Waals surface area contributed by atoms with Gasteiger partial charge in [0, 0.05) is 32.8 Å². The number of nitrogens with zero attached hydrogens (tertiary/aromatic N) is 1. The SMILES string of the molecule is CNc1c(F)cc(C(=O)N(C)CCOCC2CC2)cc1F. The number of anilines is 1. The Balaban J connectivity index is 1.91. The van der Waals surface area contributed by atoms with Gasteiger partial charge >= 0.3 is 0 Å². The molecule has 21 heavy (non-hydrogen) atoms. The van der Waals surface area contributed by atoms with E-state index in [1.807, 2.05) is 0 Å². The van der Waals surface area contributed by atoms with E-state index in [1.54, 1.807) is 7.05 Å². The number of rotatable bonds is 7. The van der Waals surface area contributed by atoms with Gasteiger partial charge in [0.25, 0.3) is 5.91 Å². The molecule has 1 saturated carbocycles. The fourth-order valence-electron chi connectivity index (χ4n) is 1.99. The average molecular weight is 298 g/mol. The zero-order valence-corrected chi connectivity index (χ0v) is 12.3. The third-order valence-electron chi connectivity index (χ3n) is 3.51. The highest BCUT2D eigenvalue weighted by Gasteiger charge is 2.21. The van der Waals surface area contributed by atoms with E-state index in [1.165, 1.54) is 24.8 Å². The number of halogens is 2. The van der Waals surface area contributed by atoms with Crippen molar-refractivity contribution in [3.05, 3.63) is 29.3 Å². The highest BCUT2D eigenvalue weighted by atomic mass is 19.1. The molecule has 0 aromatic heterocycles. The van der Waals surface area contributed by atoms with Gasteiger partial charge in [0.15, 0.2) is 0 Å². The van der Waals surface area contributed by atoms with Gasteiger partial charge in [-0.3, -0.25) is 4.79 Å². The fraction of sp³-hybridized carbons (Fsp3) is 0.533. The smallest absolute Gasteiger partial charge is 0.253 e. The molecule has 0 atom stereocenters. The van der Waals surface area contributed by atoms with Gasteiger partial charge in [-0.1, -0.05) is 0 Å². The maximum atomic E-state index is 13.6. The van der Waals surface area contributed by atoms with Gasteiger partial charge in [-0.25, -0.2) is 8.78 Å². The van der Waals surface area contributed by atoms with E-state index in [4.69, 9.17) is 4.74 Å². The molecule has 1 fully saturated rings. The first-order valence-electron chi connectivity index (χ1n) is 7.03. The summed E-state index contributed by atoms with van der Waals surface area (Å²) in [5.74, 6) is -1.31. The van der Waals surface area contributed by atoms with Crippen LogP contribution in [0.25, 0.3) is 0 Å². The number of likely N-dealkylation sites (N-methyl/N-ethyl adjacent to an activating group) is 1. The minimum Gasteiger partial charge on any atom is -0.383 e. The monoisotopic (exact) mass is 298 g/mol. The summed E-state index contributed by atoms with van der Waals surface area (Å²) in [5, 5.41) is 2.42. The van der Waals surface area contributed by atoms with Crippen LogP contribution in [0.15, 0.2) is 12.1 Å². The van der Waals surface area contributed by atoms with E-state index >= 15 is 0 Å². The summed E-state index contributed by atoms with van der Waals surface area (Å²) in [4.78, 5) is 13.5. The first-order chi connectivity index (χ1) is 10.0. The van der Waals surface area contributed by atoms with Crippen molar-refractivity contribution in [2.75, 3.05) is 39.2 Å². The molecule has 0 saturated heterocycles. The van der Waals surface area contributed by atoms with Crippen LogP contribution in [0.5, 0.6) is 0 Å². The molecule has 4 nitrogen and oxygen atoms in total. The average Bonchev–Trinajstić information content (AvgIpc) is 3.26. The highest BCUT2D eigenvalue weighted by molar-refractivity contribution is 5.94. The van der Waals surface area contributed by atoms with Crippen LogP contribution < -0.4 is 5.32 Å². The van der Waals surface area contributed by atoms with Gasteiger partial charge in [-0.15, -0.1) is 0 Å². The zero-order valence-electron chi connectivity index (χ0n) is 12.3. The van der Waals surface area contributed by atoms with Gasteiger partial charge in [-0.05, 0) is 30.9 Å². The van der Waals surface area contributed by atoms with Crippen molar-refractivity contribution < 1.29 is 18.3 Å².